The zero-order valence-electron chi connectivity index (χ0n) is 11.4. The maximum Gasteiger partial charge on any atom is 0.313 e. The number of benzene rings is 1. The monoisotopic (exact) mass is 339 g/mol. The first-order chi connectivity index (χ1) is 9.27. The Labute approximate surface area is 125 Å². The molecule has 0 atom stereocenters. The zero-order valence-corrected chi connectivity index (χ0v) is 13.0. The molecule has 0 unspecified atom stereocenters. The lowest BCUT2D eigenvalue weighted by atomic mass is 9.93. The van der Waals surface area contributed by atoms with E-state index in [2.05, 4.69) is 15.9 Å². The summed E-state index contributed by atoms with van der Waals surface area (Å²) in [5.41, 5.74) is -0.00968. The summed E-state index contributed by atoms with van der Waals surface area (Å²) >= 11 is 3.27. The summed E-state index contributed by atoms with van der Waals surface area (Å²) < 4.78 is 5.45. The van der Waals surface area contributed by atoms with E-state index in [1.54, 1.807) is 32.0 Å². The van der Waals surface area contributed by atoms with Gasteiger partial charge in [-0.15, -0.1) is 0 Å². The van der Waals surface area contributed by atoms with E-state index in [9.17, 15) is 14.4 Å². The van der Waals surface area contributed by atoms with E-state index in [0.29, 0.717) is 11.3 Å². The van der Waals surface area contributed by atoms with Gasteiger partial charge in [-0.3, -0.25) is 14.4 Å². The number of anilines is 1. The highest BCUT2D eigenvalue weighted by molar-refractivity contribution is 9.10. The summed E-state index contributed by atoms with van der Waals surface area (Å²) in [6.07, 6.45) is 0. The molecule has 1 aliphatic rings. The van der Waals surface area contributed by atoms with Crippen molar-refractivity contribution in [3.05, 3.63) is 28.2 Å². The van der Waals surface area contributed by atoms with Crippen LogP contribution in [0.1, 0.15) is 24.2 Å². The molecule has 0 N–H and O–H groups in total. The van der Waals surface area contributed by atoms with Crippen LogP contribution in [-0.2, 0) is 14.3 Å². The van der Waals surface area contributed by atoms with Gasteiger partial charge in [-0.05, 0) is 32.0 Å². The third kappa shape index (κ3) is 2.35. The van der Waals surface area contributed by atoms with Gasteiger partial charge in [0.1, 0.15) is 0 Å². The van der Waals surface area contributed by atoms with Crippen molar-refractivity contribution in [2.24, 2.45) is 5.41 Å². The number of ether oxygens (including phenoxy) is 1. The molecular formula is C14H14BrNO4. The van der Waals surface area contributed by atoms with Gasteiger partial charge in [-0.2, -0.15) is 0 Å². The fourth-order valence-electron chi connectivity index (χ4n) is 2.17. The number of esters is 1. The Hall–Kier alpha value is -1.69. The van der Waals surface area contributed by atoms with Crippen molar-refractivity contribution in [1.82, 2.24) is 0 Å². The van der Waals surface area contributed by atoms with Gasteiger partial charge in [0, 0.05) is 11.0 Å². The van der Waals surface area contributed by atoms with Crippen LogP contribution in [0.2, 0.25) is 0 Å². The molecule has 0 bridgehead atoms. The molecule has 106 valence electrons. The number of ketones is 1. The van der Waals surface area contributed by atoms with Crippen molar-refractivity contribution in [2.45, 2.75) is 13.8 Å². The van der Waals surface area contributed by atoms with Crippen LogP contribution < -0.4 is 4.90 Å². The summed E-state index contributed by atoms with van der Waals surface area (Å²) in [6, 6.07) is 5.05. The molecule has 0 fully saturated rings. The minimum atomic E-state index is -0.890. The van der Waals surface area contributed by atoms with Crippen LogP contribution in [-0.4, -0.2) is 31.3 Å². The van der Waals surface area contributed by atoms with Crippen LogP contribution in [0.5, 0.6) is 0 Å². The first kappa shape index (κ1) is 14.7. The molecule has 0 radical (unpaired) electrons. The summed E-state index contributed by atoms with van der Waals surface area (Å²) in [7, 11) is 1.30. The number of nitrogens with zero attached hydrogens (tertiary/aromatic N) is 1. The van der Waals surface area contributed by atoms with Crippen molar-refractivity contribution < 1.29 is 19.1 Å². The second kappa shape index (κ2) is 5.01. The topological polar surface area (TPSA) is 63.7 Å². The number of hydrogen-bond donors (Lipinski definition) is 0. The second-order valence-corrected chi connectivity index (χ2v) is 6.17. The van der Waals surface area contributed by atoms with E-state index in [1.807, 2.05) is 0 Å². The Kier molecular flexibility index (Phi) is 3.69. The quantitative estimate of drug-likeness (QED) is 0.625. The Balaban J connectivity index is 2.38. The Morgan fingerprint density at radius 3 is 2.60 bits per heavy atom. The average Bonchev–Trinajstić information content (AvgIpc) is 2.62. The number of carbonyl (C=O) groups is 3. The molecule has 0 aliphatic carbocycles. The SMILES string of the molecule is COC(=O)C(C)(C)CN1C(=O)C(=O)c2cc(Br)ccc21. The van der Waals surface area contributed by atoms with Crippen LogP contribution >= 0.6 is 15.9 Å². The number of hydrogen-bond acceptors (Lipinski definition) is 4. The summed E-state index contributed by atoms with van der Waals surface area (Å²) in [4.78, 5) is 37.1. The zero-order chi connectivity index (χ0) is 15.1. The molecule has 1 amide bonds. The fraction of sp³-hybridized carbons (Fsp3) is 0.357. The van der Waals surface area contributed by atoms with Gasteiger partial charge in [0.25, 0.3) is 11.7 Å². The number of rotatable bonds is 3. The van der Waals surface area contributed by atoms with Crippen LogP contribution in [0.3, 0.4) is 0 Å². The number of methoxy groups -OCH3 is 1. The number of carbonyl (C=O) groups excluding carboxylic acids is 3. The van der Waals surface area contributed by atoms with Crippen LogP contribution in [0.25, 0.3) is 0 Å². The Morgan fingerprint density at radius 2 is 2.00 bits per heavy atom. The summed E-state index contributed by atoms with van der Waals surface area (Å²) in [5, 5.41) is 0. The molecule has 1 aromatic carbocycles. The van der Waals surface area contributed by atoms with Crippen LogP contribution in [0.4, 0.5) is 5.69 Å². The van der Waals surface area contributed by atoms with Crippen molar-refractivity contribution >= 4 is 39.3 Å². The molecule has 5 nitrogen and oxygen atoms in total. The van der Waals surface area contributed by atoms with Gasteiger partial charge in [-0.1, -0.05) is 15.9 Å². The maximum absolute atomic E-state index is 12.1. The van der Waals surface area contributed by atoms with Gasteiger partial charge in [0.2, 0.25) is 0 Å². The fourth-order valence-corrected chi connectivity index (χ4v) is 2.53. The van der Waals surface area contributed by atoms with E-state index < -0.39 is 23.1 Å². The average molecular weight is 340 g/mol. The molecule has 1 heterocycles. The number of halogens is 1. The molecule has 1 aromatic rings. The number of amides is 1. The largest absolute Gasteiger partial charge is 0.469 e. The maximum atomic E-state index is 12.1. The smallest absolute Gasteiger partial charge is 0.313 e. The predicted molar refractivity (Wildman–Crippen MR) is 76.6 cm³/mol. The van der Waals surface area contributed by atoms with Crippen molar-refractivity contribution in [3.63, 3.8) is 0 Å². The summed E-state index contributed by atoms with van der Waals surface area (Å²) in [5.74, 6) is -1.60. The highest BCUT2D eigenvalue weighted by atomic mass is 79.9. The van der Waals surface area contributed by atoms with Crippen LogP contribution in [0, 0.1) is 5.41 Å². The molecular weight excluding hydrogens is 326 g/mol. The highest BCUT2D eigenvalue weighted by Crippen LogP contribution is 2.34. The molecule has 2 rings (SSSR count). The highest BCUT2D eigenvalue weighted by Gasteiger charge is 2.41. The lowest BCUT2D eigenvalue weighted by Gasteiger charge is -2.27. The Morgan fingerprint density at radius 1 is 1.35 bits per heavy atom. The van der Waals surface area contributed by atoms with Crippen LogP contribution in [0.15, 0.2) is 22.7 Å². The lowest BCUT2D eigenvalue weighted by molar-refractivity contribution is -0.150. The predicted octanol–water partition coefficient (Wildman–Crippen LogP) is 2.18. The van der Waals surface area contributed by atoms with E-state index in [-0.39, 0.29) is 6.54 Å². The Bertz CT molecular complexity index is 609. The van der Waals surface area contributed by atoms with Crippen molar-refractivity contribution in [1.29, 1.82) is 0 Å². The minimum Gasteiger partial charge on any atom is -0.469 e. The van der Waals surface area contributed by atoms with E-state index in [4.69, 9.17) is 4.74 Å². The molecule has 0 saturated heterocycles. The van der Waals surface area contributed by atoms with Gasteiger partial charge in [0.15, 0.2) is 0 Å². The van der Waals surface area contributed by atoms with Crippen molar-refractivity contribution in [3.8, 4) is 0 Å². The number of fused-ring (bicyclic) bond motifs is 1. The normalized spacial score (nSPS) is 14.5. The summed E-state index contributed by atoms with van der Waals surface area (Å²) in [6.45, 7) is 3.44. The van der Waals surface area contributed by atoms with E-state index in [0.717, 1.165) is 4.47 Å². The molecule has 1 aliphatic heterocycles. The third-order valence-electron chi connectivity index (χ3n) is 3.22. The molecule has 20 heavy (non-hydrogen) atoms. The van der Waals surface area contributed by atoms with Gasteiger partial charge in [0.05, 0.1) is 23.8 Å². The van der Waals surface area contributed by atoms with Gasteiger partial charge < -0.3 is 9.64 Å². The van der Waals surface area contributed by atoms with E-state index >= 15 is 0 Å². The standard InChI is InChI=1S/C14H14BrNO4/c1-14(2,13(19)20-3)7-16-10-5-4-8(15)6-9(10)11(17)12(16)18/h4-6H,7H2,1-3H3. The first-order valence-corrected chi connectivity index (χ1v) is 6.81. The van der Waals surface area contributed by atoms with Gasteiger partial charge in [-0.25, -0.2) is 0 Å². The van der Waals surface area contributed by atoms with Gasteiger partial charge >= 0.3 is 5.97 Å². The lowest BCUT2D eigenvalue weighted by Crippen LogP contribution is -2.42. The minimum absolute atomic E-state index is 0.0961. The first-order valence-electron chi connectivity index (χ1n) is 6.02. The third-order valence-corrected chi connectivity index (χ3v) is 3.72. The molecule has 0 aromatic heterocycles. The molecule has 6 heteroatoms. The molecule has 0 spiro atoms. The molecule has 0 saturated carbocycles. The number of Topliss-reactive ketones (excluding diaryl/α,β-unsaturated/α-hetero) is 1. The van der Waals surface area contributed by atoms with E-state index in [1.165, 1.54) is 12.0 Å². The van der Waals surface area contributed by atoms with Crippen molar-refractivity contribution in [2.75, 3.05) is 18.6 Å². The second-order valence-electron chi connectivity index (χ2n) is 5.26.